The van der Waals surface area contributed by atoms with Gasteiger partial charge in [0, 0.05) is 25.4 Å². The summed E-state index contributed by atoms with van der Waals surface area (Å²) in [4.78, 5) is 28.8. The van der Waals surface area contributed by atoms with Gasteiger partial charge in [0.1, 0.15) is 11.0 Å². The van der Waals surface area contributed by atoms with Gasteiger partial charge in [-0.1, -0.05) is 29.8 Å². The summed E-state index contributed by atoms with van der Waals surface area (Å²) in [7, 11) is 1.50. The molecule has 7 heteroatoms. The first kappa shape index (κ1) is 16.9. The number of benzene rings is 1. The number of halogens is 2. The van der Waals surface area contributed by atoms with Crippen LogP contribution in [0, 0.1) is 5.82 Å². The molecule has 2 aromatic rings. The van der Waals surface area contributed by atoms with Crippen LogP contribution in [0.2, 0.25) is 5.15 Å². The largest absolute Gasteiger partial charge is 0.452 e. The number of esters is 1. The van der Waals surface area contributed by atoms with E-state index in [9.17, 15) is 14.0 Å². The third-order valence-corrected chi connectivity index (χ3v) is 3.40. The average Bonchev–Trinajstić information content (AvgIpc) is 2.54. The van der Waals surface area contributed by atoms with Crippen molar-refractivity contribution in [3.05, 3.63) is 64.7 Å². The Bertz CT molecular complexity index is 724. The van der Waals surface area contributed by atoms with Crippen molar-refractivity contribution in [3.8, 4) is 0 Å². The van der Waals surface area contributed by atoms with E-state index in [-0.39, 0.29) is 17.3 Å². The van der Waals surface area contributed by atoms with E-state index in [4.69, 9.17) is 16.3 Å². The molecule has 2 rings (SSSR count). The number of hydrogen-bond donors (Lipinski definition) is 0. The number of pyridine rings is 1. The lowest BCUT2D eigenvalue weighted by molar-refractivity contribution is -0.133. The summed E-state index contributed by atoms with van der Waals surface area (Å²) in [5.74, 6) is -1.59. The van der Waals surface area contributed by atoms with E-state index < -0.39 is 24.3 Å². The molecule has 0 fully saturated rings. The summed E-state index contributed by atoms with van der Waals surface area (Å²) in [6.45, 7) is -0.383. The molecule has 1 amide bonds. The van der Waals surface area contributed by atoms with Crippen LogP contribution in [0.25, 0.3) is 0 Å². The standard InChI is InChI=1S/C16H14ClFN2O3/c1-20(9-11-5-2-3-7-13(11)18)14(21)10-23-16(22)12-6-4-8-19-15(12)17/h2-8H,9-10H2,1H3. The van der Waals surface area contributed by atoms with Crippen LogP contribution < -0.4 is 0 Å². The van der Waals surface area contributed by atoms with Crippen molar-refractivity contribution in [2.45, 2.75) is 6.54 Å². The molecule has 23 heavy (non-hydrogen) atoms. The zero-order chi connectivity index (χ0) is 16.8. The number of amides is 1. The van der Waals surface area contributed by atoms with Crippen LogP contribution in [-0.2, 0) is 16.1 Å². The van der Waals surface area contributed by atoms with E-state index in [2.05, 4.69) is 4.98 Å². The quantitative estimate of drug-likeness (QED) is 0.622. The van der Waals surface area contributed by atoms with Gasteiger partial charge in [-0.15, -0.1) is 0 Å². The summed E-state index contributed by atoms with van der Waals surface area (Å²) in [6, 6.07) is 9.14. The highest BCUT2D eigenvalue weighted by Crippen LogP contribution is 2.13. The molecule has 0 bridgehead atoms. The molecule has 0 aliphatic heterocycles. The van der Waals surface area contributed by atoms with Crippen LogP contribution in [0.4, 0.5) is 4.39 Å². The summed E-state index contributed by atoms with van der Waals surface area (Å²) in [6.07, 6.45) is 1.44. The second-order valence-corrected chi connectivity index (χ2v) is 5.12. The Labute approximate surface area is 137 Å². The van der Waals surface area contributed by atoms with E-state index in [0.717, 1.165) is 0 Å². The van der Waals surface area contributed by atoms with E-state index in [1.165, 1.54) is 36.3 Å². The molecule has 1 aromatic carbocycles. The molecule has 0 spiro atoms. The van der Waals surface area contributed by atoms with Crippen LogP contribution in [-0.4, -0.2) is 35.4 Å². The van der Waals surface area contributed by atoms with Gasteiger partial charge in [0.15, 0.2) is 6.61 Å². The summed E-state index contributed by atoms with van der Waals surface area (Å²) < 4.78 is 18.5. The lowest BCUT2D eigenvalue weighted by Crippen LogP contribution is -2.31. The van der Waals surface area contributed by atoms with Gasteiger partial charge in [0.2, 0.25) is 0 Å². The van der Waals surface area contributed by atoms with Crippen molar-refractivity contribution in [3.63, 3.8) is 0 Å². The van der Waals surface area contributed by atoms with Crippen LogP contribution in [0.15, 0.2) is 42.6 Å². The van der Waals surface area contributed by atoms with Crippen molar-refractivity contribution >= 4 is 23.5 Å². The van der Waals surface area contributed by atoms with Gasteiger partial charge in [0.25, 0.3) is 5.91 Å². The Hall–Kier alpha value is -2.47. The maximum Gasteiger partial charge on any atom is 0.341 e. The van der Waals surface area contributed by atoms with Crippen LogP contribution in [0.1, 0.15) is 15.9 Å². The van der Waals surface area contributed by atoms with Gasteiger partial charge < -0.3 is 9.64 Å². The van der Waals surface area contributed by atoms with Gasteiger partial charge in [0.05, 0.1) is 5.56 Å². The Balaban J connectivity index is 1.91. The Morgan fingerprint density at radius 1 is 1.26 bits per heavy atom. The SMILES string of the molecule is CN(Cc1ccccc1F)C(=O)COC(=O)c1cccnc1Cl. The second kappa shape index (κ2) is 7.69. The molecule has 0 aliphatic rings. The summed E-state index contributed by atoms with van der Waals surface area (Å²) >= 11 is 5.77. The summed E-state index contributed by atoms with van der Waals surface area (Å²) in [5, 5.41) is 0.00432. The highest BCUT2D eigenvalue weighted by molar-refractivity contribution is 6.32. The van der Waals surface area contributed by atoms with E-state index in [1.54, 1.807) is 18.2 Å². The van der Waals surface area contributed by atoms with Gasteiger partial charge in [-0.2, -0.15) is 0 Å². The fraction of sp³-hybridized carbons (Fsp3) is 0.188. The van der Waals surface area contributed by atoms with Crippen molar-refractivity contribution in [2.75, 3.05) is 13.7 Å². The number of aromatic nitrogens is 1. The Kier molecular flexibility index (Phi) is 5.65. The second-order valence-electron chi connectivity index (χ2n) is 4.76. The normalized spacial score (nSPS) is 10.2. The zero-order valence-corrected chi connectivity index (χ0v) is 13.1. The highest BCUT2D eigenvalue weighted by Gasteiger charge is 2.17. The van der Waals surface area contributed by atoms with Crippen molar-refractivity contribution in [1.29, 1.82) is 0 Å². The lowest BCUT2D eigenvalue weighted by atomic mass is 10.2. The number of carbonyl (C=O) groups is 2. The van der Waals surface area contributed by atoms with Gasteiger partial charge in [-0.3, -0.25) is 4.79 Å². The number of likely N-dealkylation sites (N-methyl/N-ethyl adjacent to an activating group) is 1. The van der Waals surface area contributed by atoms with Gasteiger partial charge in [-0.25, -0.2) is 14.2 Å². The number of carbonyl (C=O) groups excluding carboxylic acids is 2. The molecular formula is C16H14ClFN2O3. The molecule has 0 saturated heterocycles. The number of nitrogens with zero attached hydrogens (tertiary/aromatic N) is 2. The smallest absolute Gasteiger partial charge is 0.341 e. The van der Waals surface area contributed by atoms with Crippen LogP contribution in [0.3, 0.4) is 0 Å². The fourth-order valence-electron chi connectivity index (χ4n) is 1.82. The molecule has 0 unspecified atom stereocenters. The topological polar surface area (TPSA) is 59.5 Å². The first-order chi connectivity index (χ1) is 11.0. The maximum atomic E-state index is 13.5. The minimum atomic E-state index is -0.740. The molecule has 5 nitrogen and oxygen atoms in total. The molecule has 0 aliphatic carbocycles. The number of rotatable bonds is 5. The van der Waals surface area contributed by atoms with Crippen molar-refractivity contribution in [1.82, 2.24) is 9.88 Å². The molecule has 120 valence electrons. The Morgan fingerprint density at radius 3 is 2.70 bits per heavy atom. The third-order valence-electron chi connectivity index (χ3n) is 3.10. The molecule has 0 saturated carbocycles. The predicted octanol–water partition coefficient (Wildman–Crippen LogP) is 2.69. The molecule has 1 heterocycles. The van der Waals surface area contributed by atoms with Crippen LogP contribution in [0.5, 0.6) is 0 Å². The minimum Gasteiger partial charge on any atom is -0.452 e. The molecule has 1 aromatic heterocycles. The molecule has 0 radical (unpaired) electrons. The van der Waals surface area contributed by atoms with Gasteiger partial charge in [-0.05, 0) is 18.2 Å². The Morgan fingerprint density at radius 2 is 2.00 bits per heavy atom. The first-order valence-corrected chi connectivity index (χ1v) is 7.12. The van der Waals surface area contributed by atoms with E-state index in [0.29, 0.717) is 5.56 Å². The molecular weight excluding hydrogens is 323 g/mol. The number of hydrogen-bond acceptors (Lipinski definition) is 4. The molecule has 0 N–H and O–H groups in total. The molecule has 0 atom stereocenters. The third kappa shape index (κ3) is 4.50. The first-order valence-electron chi connectivity index (χ1n) is 6.74. The highest BCUT2D eigenvalue weighted by atomic mass is 35.5. The van der Waals surface area contributed by atoms with E-state index >= 15 is 0 Å². The minimum absolute atomic E-state index is 0.00432. The number of ether oxygens (including phenoxy) is 1. The van der Waals surface area contributed by atoms with Gasteiger partial charge >= 0.3 is 5.97 Å². The summed E-state index contributed by atoms with van der Waals surface area (Å²) in [5.41, 5.74) is 0.462. The lowest BCUT2D eigenvalue weighted by Gasteiger charge is -2.17. The van der Waals surface area contributed by atoms with E-state index in [1.807, 2.05) is 0 Å². The maximum absolute atomic E-state index is 13.5. The zero-order valence-electron chi connectivity index (χ0n) is 12.3. The monoisotopic (exact) mass is 336 g/mol. The van der Waals surface area contributed by atoms with Crippen LogP contribution >= 0.6 is 11.6 Å². The predicted molar refractivity (Wildman–Crippen MR) is 82.4 cm³/mol. The van der Waals surface area contributed by atoms with Crippen molar-refractivity contribution in [2.24, 2.45) is 0 Å². The fourth-order valence-corrected chi connectivity index (χ4v) is 2.02. The average molecular weight is 337 g/mol. The van der Waals surface area contributed by atoms with Crippen molar-refractivity contribution < 1.29 is 18.7 Å².